The fourth-order valence-electron chi connectivity index (χ4n) is 2.56. The number of anilines is 1. The highest BCUT2D eigenvalue weighted by atomic mass is 19.3. The SMILES string of the molecule is CCCC(CCO)CNC(=O)Nc1ccc2nc(C(F)F)[nH]c2c1. The fourth-order valence-corrected chi connectivity index (χ4v) is 2.56. The number of halogens is 2. The van der Waals surface area contributed by atoms with E-state index in [9.17, 15) is 13.6 Å². The standard InChI is InChI=1S/C16H22F2N4O2/c1-2-3-10(6-7-23)9-19-16(24)20-11-4-5-12-13(8-11)22-15(21-12)14(17)18/h4-5,8,10,14,23H,2-3,6-7,9H2,1H3,(H,21,22)(H2,19,20,24). The molecular formula is C16H22F2N4O2. The number of rotatable bonds is 8. The lowest BCUT2D eigenvalue weighted by molar-refractivity contribution is 0.142. The summed E-state index contributed by atoms with van der Waals surface area (Å²) in [5.41, 5.74) is 1.34. The van der Waals surface area contributed by atoms with Gasteiger partial charge in [0.15, 0.2) is 5.82 Å². The third kappa shape index (κ3) is 4.89. The Labute approximate surface area is 138 Å². The van der Waals surface area contributed by atoms with Crippen LogP contribution < -0.4 is 10.6 Å². The quantitative estimate of drug-likeness (QED) is 0.593. The van der Waals surface area contributed by atoms with E-state index in [1.54, 1.807) is 18.2 Å². The summed E-state index contributed by atoms with van der Waals surface area (Å²) in [5, 5.41) is 14.4. The number of carbonyl (C=O) groups excluding carboxylic acids is 1. The molecule has 4 N–H and O–H groups in total. The molecule has 2 aromatic rings. The van der Waals surface area contributed by atoms with Crippen LogP contribution in [0.15, 0.2) is 18.2 Å². The van der Waals surface area contributed by atoms with Crippen molar-refractivity contribution in [2.75, 3.05) is 18.5 Å². The van der Waals surface area contributed by atoms with Crippen molar-refractivity contribution in [1.82, 2.24) is 15.3 Å². The molecule has 0 aliphatic rings. The van der Waals surface area contributed by atoms with Crippen molar-refractivity contribution in [3.8, 4) is 0 Å². The average Bonchev–Trinajstić information content (AvgIpc) is 2.96. The van der Waals surface area contributed by atoms with Gasteiger partial charge in [0, 0.05) is 18.8 Å². The third-order valence-corrected chi connectivity index (χ3v) is 3.75. The smallest absolute Gasteiger partial charge is 0.319 e. The van der Waals surface area contributed by atoms with Gasteiger partial charge < -0.3 is 20.7 Å². The second-order valence-electron chi connectivity index (χ2n) is 5.66. The summed E-state index contributed by atoms with van der Waals surface area (Å²) in [4.78, 5) is 18.3. The zero-order chi connectivity index (χ0) is 17.5. The molecule has 0 saturated carbocycles. The zero-order valence-electron chi connectivity index (χ0n) is 13.5. The summed E-state index contributed by atoms with van der Waals surface area (Å²) in [6.07, 6.45) is -0.113. The monoisotopic (exact) mass is 340 g/mol. The number of nitrogens with one attached hydrogen (secondary N) is 3. The van der Waals surface area contributed by atoms with Gasteiger partial charge in [-0.15, -0.1) is 0 Å². The van der Waals surface area contributed by atoms with Crippen molar-refractivity contribution < 1.29 is 18.7 Å². The number of urea groups is 1. The first-order valence-electron chi connectivity index (χ1n) is 7.97. The van der Waals surface area contributed by atoms with E-state index in [2.05, 4.69) is 27.5 Å². The Morgan fingerprint density at radius 3 is 2.83 bits per heavy atom. The molecule has 1 aromatic carbocycles. The van der Waals surface area contributed by atoms with Gasteiger partial charge in [0.25, 0.3) is 6.43 Å². The van der Waals surface area contributed by atoms with Crippen molar-refractivity contribution in [1.29, 1.82) is 0 Å². The normalized spacial score (nSPS) is 12.5. The fraction of sp³-hybridized carbons (Fsp3) is 0.500. The maximum absolute atomic E-state index is 12.6. The van der Waals surface area contributed by atoms with Crippen LogP contribution in [0, 0.1) is 5.92 Å². The highest BCUT2D eigenvalue weighted by molar-refractivity contribution is 5.91. The molecule has 0 spiro atoms. The molecule has 2 rings (SSSR count). The Hall–Kier alpha value is -2.22. The number of carbonyl (C=O) groups is 1. The number of benzene rings is 1. The van der Waals surface area contributed by atoms with E-state index in [4.69, 9.17) is 5.11 Å². The second-order valence-corrected chi connectivity index (χ2v) is 5.66. The molecule has 0 radical (unpaired) electrons. The molecule has 1 heterocycles. The molecule has 6 nitrogen and oxygen atoms in total. The lowest BCUT2D eigenvalue weighted by Crippen LogP contribution is -2.33. The first-order valence-corrected chi connectivity index (χ1v) is 7.97. The third-order valence-electron chi connectivity index (χ3n) is 3.75. The zero-order valence-corrected chi connectivity index (χ0v) is 13.5. The van der Waals surface area contributed by atoms with Crippen LogP contribution in [0.4, 0.5) is 19.3 Å². The van der Waals surface area contributed by atoms with Crippen molar-refractivity contribution in [3.05, 3.63) is 24.0 Å². The second kappa shape index (κ2) is 8.58. The van der Waals surface area contributed by atoms with Gasteiger partial charge in [-0.05, 0) is 37.0 Å². The molecule has 1 aromatic heterocycles. The number of nitrogens with zero attached hydrogens (tertiary/aromatic N) is 1. The molecular weight excluding hydrogens is 318 g/mol. The first-order chi connectivity index (χ1) is 11.5. The Balaban J connectivity index is 1.94. The van der Waals surface area contributed by atoms with E-state index in [0.29, 0.717) is 29.7 Å². The van der Waals surface area contributed by atoms with Gasteiger partial charge in [-0.3, -0.25) is 0 Å². The van der Waals surface area contributed by atoms with E-state index in [1.165, 1.54) is 0 Å². The molecule has 1 unspecified atom stereocenters. The Morgan fingerprint density at radius 2 is 2.17 bits per heavy atom. The van der Waals surface area contributed by atoms with Crippen molar-refractivity contribution >= 4 is 22.8 Å². The number of hydrogen-bond acceptors (Lipinski definition) is 3. The van der Waals surface area contributed by atoms with Gasteiger partial charge in [0.2, 0.25) is 0 Å². The Morgan fingerprint density at radius 1 is 1.38 bits per heavy atom. The van der Waals surface area contributed by atoms with Crippen LogP contribution >= 0.6 is 0 Å². The highest BCUT2D eigenvalue weighted by Gasteiger charge is 2.13. The van der Waals surface area contributed by atoms with E-state index in [1.807, 2.05) is 0 Å². The summed E-state index contributed by atoms with van der Waals surface area (Å²) >= 11 is 0. The van der Waals surface area contributed by atoms with Gasteiger partial charge in [0.05, 0.1) is 11.0 Å². The van der Waals surface area contributed by atoms with Crippen LogP contribution in [0.3, 0.4) is 0 Å². The topological polar surface area (TPSA) is 90.0 Å². The van der Waals surface area contributed by atoms with Crippen molar-refractivity contribution in [3.63, 3.8) is 0 Å². The Kier molecular flexibility index (Phi) is 6.48. The number of amides is 2. The number of hydrogen-bond donors (Lipinski definition) is 4. The van der Waals surface area contributed by atoms with Crippen LogP contribution in [0.25, 0.3) is 11.0 Å². The Bertz CT molecular complexity index is 669. The van der Waals surface area contributed by atoms with Gasteiger partial charge in [-0.1, -0.05) is 13.3 Å². The number of imidazole rings is 1. The number of aromatic amines is 1. The predicted molar refractivity (Wildman–Crippen MR) is 88.2 cm³/mol. The summed E-state index contributed by atoms with van der Waals surface area (Å²) in [6.45, 7) is 2.62. The number of fused-ring (bicyclic) bond motifs is 1. The molecule has 0 bridgehead atoms. The van der Waals surface area contributed by atoms with Crippen LogP contribution in [-0.4, -0.2) is 34.3 Å². The van der Waals surface area contributed by atoms with E-state index in [0.717, 1.165) is 12.8 Å². The van der Waals surface area contributed by atoms with Crippen LogP contribution in [0.1, 0.15) is 38.4 Å². The number of aliphatic hydroxyl groups is 1. The molecule has 8 heteroatoms. The summed E-state index contributed by atoms with van der Waals surface area (Å²) < 4.78 is 25.3. The largest absolute Gasteiger partial charge is 0.396 e. The number of H-pyrrole nitrogens is 1. The number of alkyl halides is 2. The van der Waals surface area contributed by atoms with Crippen molar-refractivity contribution in [2.24, 2.45) is 5.92 Å². The molecule has 0 aliphatic carbocycles. The van der Waals surface area contributed by atoms with E-state index >= 15 is 0 Å². The minimum absolute atomic E-state index is 0.0942. The number of aliphatic hydroxyl groups excluding tert-OH is 1. The van der Waals surface area contributed by atoms with E-state index < -0.39 is 12.2 Å². The van der Waals surface area contributed by atoms with Crippen LogP contribution in [0.2, 0.25) is 0 Å². The maximum Gasteiger partial charge on any atom is 0.319 e. The lowest BCUT2D eigenvalue weighted by atomic mass is 10.0. The lowest BCUT2D eigenvalue weighted by Gasteiger charge is -2.16. The van der Waals surface area contributed by atoms with Gasteiger partial charge >= 0.3 is 6.03 Å². The molecule has 0 fully saturated rings. The molecule has 2 amide bonds. The van der Waals surface area contributed by atoms with Gasteiger partial charge in [-0.25, -0.2) is 18.6 Å². The minimum Gasteiger partial charge on any atom is -0.396 e. The molecule has 0 aliphatic heterocycles. The molecule has 0 saturated heterocycles. The average molecular weight is 340 g/mol. The first kappa shape index (κ1) is 18.1. The van der Waals surface area contributed by atoms with Gasteiger partial charge in [-0.2, -0.15) is 0 Å². The summed E-state index contributed by atoms with van der Waals surface area (Å²) in [7, 11) is 0. The summed E-state index contributed by atoms with van der Waals surface area (Å²) in [6, 6.07) is 4.36. The maximum atomic E-state index is 12.6. The number of aromatic nitrogens is 2. The molecule has 132 valence electrons. The molecule has 1 atom stereocenters. The van der Waals surface area contributed by atoms with Crippen molar-refractivity contribution in [2.45, 2.75) is 32.6 Å². The van der Waals surface area contributed by atoms with Crippen LogP contribution in [-0.2, 0) is 0 Å². The minimum atomic E-state index is -2.67. The molecule has 24 heavy (non-hydrogen) atoms. The predicted octanol–water partition coefficient (Wildman–Crippen LogP) is 3.42. The van der Waals surface area contributed by atoms with Gasteiger partial charge in [0.1, 0.15) is 0 Å². The van der Waals surface area contributed by atoms with Crippen LogP contribution in [0.5, 0.6) is 0 Å². The summed E-state index contributed by atoms with van der Waals surface area (Å²) in [5.74, 6) is -0.160. The highest BCUT2D eigenvalue weighted by Crippen LogP contribution is 2.22. The van der Waals surface area contributed by atoms with E-state index in [-0.39, 0.29) is 18.6 Å².